The normalized spacial score (nSPS) is 48.2. The van der Waals surface area contributed by atoms with Gasteiger partial charge >= 0.3 is 0 Å². The highest BCUT2D eigenvalue weighted by Gasteiger charge is 2.49. The van der Waals surface area contributed by atoms with Crippen molar-refractivity contribution in [1.29, 1.82) is 0 Å². The van der Waals surface area contributed by atoms with Crippen LogP contribution in [0, 0.1) is 5.41 Å². The molecule has 3 heteroatoms. The lowest BCUT2D eigenvalue weighted by Crippen LogP contribution is -2.39. The van der Waals surface area contributed by atoms with Crippen LogP contribution < -0.4 is 11.1 Å². The van der Waals surface area contributed by atoms with E-state index in [1.165, 1.54) is 25.7 Å². The van der Waals surface area contributed by atoms with E-state index in [0.29, 0.717) is 11.5 Å². The third-order valence-electron chi connectivity index (χ3n) is 4.20. The van der Waals surface area contributed by atoms with Gasteiger partial charge < -0.3 is 10.6 Å². The molecule has 14 heavy (non-hydrogen) atoms. The number of nitrogens with two attached hydrogens (primary N) is 1. The van der Waals surface area contributed by atoms with Gasteiger partial charge in [-0.2, -0.15) is 0 Å². The summed E-state index contributed by atoms with van der Waals surface area (Å²) >= 11 is 0. The first kappa shape index (κ1) is 10.4. The van der Waals surface area contributed by atoms with Crippen molar-refractivity contribution in [3.05, 3.63) is 0 Å². The Kier molecular flexibility index (Phi) is 2.58. The first-order valence-corrected chi connectivity index (χ1v) is 5.71. The van der Waals surface area contributed by atoms with Crippen molar-refractivity contribution in [1.82, 2.24) is 10.2 Å². The molecule has 3 N–H and O–H groups in total. The summed E-state index contributed by atoms with van der Waals surface area (Å²) in [6, 6.07) is 1.38. The predicted octanol–water partition coefficient (Wildman–Crippen LogP) is 0.754. The maximum Gasteiger partial charge on any atom is 0.0713 e. The van der Waals surface area contributed by atoms with E-state index in [9.17, 15) is 0 Å². The minimum Gasteiger partial charge on any atom is -0.315 e. The Morgan fingerprint density at radius 3 is 2.14 bits per heavy atom. The SMILES string of the molecule is CN(C)C1CCC(C)(C2NC2N)CC1. The molecular formula is C11H23N3. The molecular weight excluding hydrogens is 174 g/mol. The lowest BCUT2D eigenvalue weighted by molar-refractivity contribution is 0.128. The molecule has 2 rings (SSSR count). The molecule has 0 aromatic rings. The van der Waals surface area contributed by atoms with Crippen LogP contribution >= 0.6 is 0 Å². The molecule has 1 aliphatic carbocycles. The van der Waals surface area contributed by atoms with E-state index in [2.05, 4.69) is 31.2 Å². The summed E-state index contributed by atoms with van der Waals surface area (Å²) in [6.45, 7) is 2.39. The van der Waals surface area contributed by atoms with Crippen LogP contribution in [0.15, 0.2) is 0 Å². The molecule has 0 amide bonds. The Labute approximate surface area is 87.0 Å². The van der Waals surface area contributed by atoms with Crippen LogP contribution in [0.4, 0.5) is 0 Å². The summed E-state index contributed by atoms with van der Waals surface area (Å²) in [4.78, 5) is 2.36. The summed E-state index contributed by atoms with van der Waals surface area (Å²) in [5.74, 6) is 0. The van der Waals surface area contributed by atoms with Gasteiger partial charge in [-0.25, -0.2) is 0 Å². The molecule has 0 spiro atoms. The van der Waals surface area contributed by atoms with Crippen molar-refractivity contribution in [2.45, 2.75) is 50.9 Å². The van der Waals surface area contributed by atoms with Gasteiger partial charge in [0.25, 0.3) is 0 Å². The van der Waals surface area contributed by atoms with Crippen LogP contribution in [0.2, 0.25) is 0 Å². The van der Waals surface area contributed by atoms with E-state index in [4.69, 9.17) is 5.73 Å². The van der Waals surface area contributed by atoms with Gasteiger partial charge in [0.2, 0.25) is 0 Å². The van der Waals surface area contributed by atoms with Gasteiger partial charge in [-0.1, -0.05) is 6.92 Å². The molecule has 82 valence electrons. The maximum absolute atomic E-state index is 5.86. The zero-order chi connectivity index (χ0) is 10.3. The first-order chi connectivity index (χ1) is 6.53. The summed E-state index contributed by atoms with van der Waals surface area (Å²) in [6.07, 6.45) is 5.57. The molecule has 1 aliphatic heterocycles. The largest absolute Gasteiger partial charge is 0.315 e. The number of hydrogen-bond acceptors (Lipinski definition) is 3. The van der Waals surface area contributed by atoms with E-state index >= 15 is 0 Å². The summed E-state index contributed by atoms with van der Waals surface area (Å²) < 4.78 is 0. The monoisotopic (exact) mass is 197 g/mol. The van der Waals surface area contributed by atoms with Gasteiger partial charge in [0, 0.05) is 12.1 Å². The fourth-order valence-electron chi connectivity index (χ4n) is 2.88. The molecule has 0 bridgehead atoms. The topological polar surface area (TPSA) is 51.2 Å². The van der Waals surface area contributed by atoms with Crippen molar-refractivity contribution in [2.75, 3.05) is 14.1 Å². The van der Waals surface area contributed by atoms with Crippen LogP contribution in [-0.2, 0) is 0 Å². The molecule has 2 unspecified atom stereocenters. The average Bonchev–Trinajstić information content (AvgIpc) is 2.84. The van der Waals surface area contributed by atoms with Crippen LogP contribution in [0.1, 0.15) is 32.6 Å². The van der Waals surface area contributed by atoms with Crippen molar-refractivity contribution in [3.8, 4) is 0 Å². The Bertz CT molecular complexity index is 207. The molecule has 0 aromatic carbocycles. The van der Waals surface area contributed by atoms with Crippen molar-refractivity contribution in [3.63, 3.8) is 0 Å². The Morgan fingerprint density at radius 2 is 1.79 bits per heavy atom. The van der Waals surface area contributed by atoms with Gasteiger partial charge in [-0.05, 0) is 45.2 Å². The third kappa shape index (κ3) is 1.81. The fourth-order valence-corrected chi connectivity index (χ4v) is 2.88. The summed E-state index contributed by atoms with van der Waals surface area (Å²) in [7, 11) is 4.38. The molecule has 1 saturated heterocycles. The Hall–Kier alpha value is -0.120. The second kappa shape index (κ2) is 3.47. The molecule has 2 fully saturated rings. The molecule has 2 aliphatic rings. The highest BCUT2D eigenvalue weighted by molar-refractivity contribution is 5.06. The Balaban J connectivity index is 1.88. The minimum absolute atomic E-state index is 0.274. The van der Waals surface area contributed by atoms with E-state index < -0.39 is 0 Å². The summed E-state index contributed by atoms with van der Waals surface area (Å²) in [5, 5.41) is 3.35. The molecule has 0 radical (unpaired) electrons. The molecule has 0 aromatic heterocycles. The van der Waals surface area contributed by atoms with Crippen molar-refractivity contribution < 1.29 is 0 Å². The second-order valence-corrected chi connectivity index (χ2v) is 5.52. The second-order valence-electron chi connectivity index (χ2n) is 5.52. The average molecular weight is 197 g/mol. The minimum atomic E-state index is 0.274. The molecule has 1 saturated carbocycles. The predicted molar refractivity (Wildman–Crippen MR) is 58.9 cm³/mol. The first-order valence-electron chi connectivity index (χ1n) is 5.71. The number of nitrogens with one attached hydrogen (secondary N) is 1. The summed E-state index contributed by atoms with van der Waals surface area (Å²) in [5.41, 5.74) is 6.32. The highest BCUT2D eigenvalue weighted by Crippen LogP contribution is 2.43. The lowest BCUT2D eigenvalue weighted by Gasteiger charge is -2.39. The standard InChI is InChI=1S/C11H23N3/c1-11(9-10(12)13-9)6-4-8(5-7-11)14(2)3/h8-10,13H,4-7,12H2,1-3H3. The van der Waals surface area contributed by atoms with E-state index in [-0.39, 0.29) is 6.17 Å². The van der Waals surface area contributed by atoms with Gasteiger partial charge in [0.1, 0.15) is 0 Å². The zero-order valence-corrected chi connectivity index (χ0v) is 9.59. The van der Waals surface area contributed by atoms with E-state index in [1.807, 2.05) is 0 Å². The smallest absolute Gasteiger partial charge is 0.0713 e. The fraction of sp³-hybridized carbons (Fsp3) is 1.00. The van der Waals surface area contributed by atoms with Gasteiger partial charge in [0.15, 0.2) is 0 Å². The molecule has 2 atom stereocenters. The lowest BCUT2D eigenvalue weighted by atomic mass is 9.71. The molecule has 3 nitrogen and oxygen atoms in total. The van der Waals surface area contributed by atoms with Crippen molar-refractivity contribution in [2.24, 2.45) is 11.1 Å². The van der Waals surface area contributed by atoms with E-state index in [0.717, 1.165) is 6.04 Å². The van der Waals surface area contributed by atoms with E-state index in [1.54, 1.807) is 0 Å². The molecule has 1 heterocycles. The van der Waals surface area contributed by atoms with Gasteiger partial charge in [-0.3, -0.25) is 5.32 Å². The number of rotatable bonds is 2. The van der Waals surface area contributed by atoms with Gasteiger partial charge in [-0.15, -0.1) is 0 Å². The quantitative estimate of drug-likeness (QED) is 0.642. The third-order valence-corrected chi connectivity index (χ3v) is 4.20. The van der Waals surface area contributed by atoms with Crippen LogP contribution in [-0.4, -0.2) is 37.2 Å². The van der Waals surface area contributed by atoms with Crippen molar-refractivity contribution >= 4 is 0 Å². The van der Waals surface area contributed by atoms with Gasteiger partial charge in [0.05, 0.1) is 6.17 Å². The maximum atomic E-state index is 5.86. The van der Waals surface area contributed by atoms with Crippen LogP contribution in [0.25, 0.3) is 0 Å². The number of nitrogens with zero attached hydrogens (tertiary/aromatic N) is 1. The van der Waals surface area contributed by atoms with Crippen LogP contribution in [0.5, 0.6) is 0 Å². The number of hydrogen-bond donors (Lipinski definition) is 2. The van der Waals surface area contributed by atoms with Crippen LogP contribution in [0.3, 0.4) is 0 Å². The zero-order valence-electron chi connectivity index (χ0n) is 9.59. The Morgan fingerprint density at radius 1 is 1.29 bits per heavy atom. The highest BCUT2D eigenvalue weighted by atomic mass is 15.3.